The highest BCUT2D eigenvalue weighted by Crippen LogP contribution is 2.46. The standard InChI is InChI=1S/C9H8ClF6NO/c10-3-1-2-6-17-4-5(18-6)7(8(11,12)13)9(14,15)16/h4,7H,1-3H2. The van der Waals surface area contributed by atoms with Gasteiger partial charge in [0, 0.05) is 12.3 Å². The molecule has 0 spiro atoms. The maximum absolute atomic E-state index is 12.3. The molecular weight excluding hydrogens is 288 g/mol. The molecule has 0 aliphatic rings. The first-order valence-electron chi connectivity index (χ1n) is 4.80. The Morgan fingerprint density at radius 2 is 1.72 bits per heavy atom. The number of aryl methyl sites for hydroxylation is 1. The lowest BCUT2D eigenvalue weighted by molar-refractivity contribution is -0.257. The zero-order chi connectivity index (χ0) is 14.0. The first-order chi connectivity index (χ1) is 8.16. The number of aromatic nitrogens is 1. The van der Waals surface area contributed by atoms with Crippen LogP contribution in [0.4, 0.5) is 26.3 Å². The van der Waals surface area contributed by atoms with E-state index in [0.29, 0.717) is 12.6 Å². The molecule has 2 nitrogen and oxygen atoms in total. The smallest absolute Gasteiger partial charge is 0.407 e. The number of hydrogen-bond acceptors (Lipinski definition) is 2. The molecule has 1 aromatic rings. The van der Waals surface area contributed by atoms with Gasteiger partial charge < -0.3 is 4.42 Å². The number of hydrogen-bond donors (Lipinski definition) is 0. The van der Waals surface area contributed by atoms with Crippen LogP contribution in [0, 0.1) is 0 Å². The third kappa shape index (κ3) is 3.79. The van der Waals surface area contributed by atoms with Crippen LogP contribution in [-0.4, -0.2) is 23.2 Å². The zero-order valence-corrected chi connectivity index (χ0v) is 9.53. The van der Waals surface area contributed by atoms with Crippen molar-refractivity contribution in [2.75, 3.05) is 5.88 Å². The Morgan fingerprint density at radius 1 is 1.17 bits per heavy atom. The fraction of sp³-hybridized carbons (Fsp3) is 0.667. The van der Waals surface area contributed by atoms with Crippen molar-refractivity contribution in [3.05, 3.63) is 17.8 Å². The zero-order valence-electron chi connectivity index (χ0n) is 8.78. The molecule has 1 aromatic heterocycles. The van der Waals surface area contributed by atoms with Gasteiger partial charge in [0.05, 0.1) is 6.20 Å². The molecule has 0 unspecified atom stereocenters. The van der Waals surface area contributed by atoms with Crippen molar-refractivity contribution in [3.8, 4) is 0 Å². The SMILES string of the molecule is FC(F)(F)C(c1cnc(CCCCl)o1)C(F)(F)F. The molecule has 0 aliphatic heterocycles. The minimum absolute atomic E-state index is 0.0892. The minimum atomic E-state index is -5.47. The minimum Gasteiger partial charge on any atom is -0.445 e. The van der Waals surface area contributed by atoms with Crippen molar-refractivity contribution in [3.63, 3.8) is 0 Å². The van der Waals surface area contributed by atoms with Crippen LogP contribution >= 0.6 is 11.6 Å². The molecule has 0 aliphatic carbocycles. The maximum Gasteiger partial charge on any atom is 0.407 e. The molecule has 0 aromatic carbocycles. The van der Waals surface area contributed by atoms with Gasteiger partial charge in [0.25, 0.3) is 0 Å². The molecule has 18 heavy (non-hydrogen) atoms. The van der Waals surface area contributed by atoms with Crippen LogP contribution in [0.3, 0.4) is 0 Å². The molecule has 0 bridgehead atoms. The first-order valence-corrected chi connectivity index (χ1v) is 5.33. The Bertz CT molecular complexity index is 371. The third-order valence-electron chi connectivity index (χ3n) is 2.03. The summed E-state index contributed by atoms with van der Waals surface area (Å²) in [5.41, 5.74) is 0. The normalized spacial score (nSPS) is 13.3. The molecule has 1 rings (SSSR count). The van der Waals surface area contributed by atoms with Gasteiger partial charge in [-0.3, -0.25) is 0 Å². The molecule has 0 atom stereocenters. The summed E-state index contributed by atoms with van der Waals surface area (Å²) in [5.74, 6) is -4.88. The predicted octanol–water partition coefficient (Wildman–Crippen LogP) is 4.05. The quantitative estimate of drug-likeness (QED) is 0.618. The average molecular weight is 296 g/mol. The lowest BCUT2D eigenvalue weighted by Crippen LogP contribution is -2.33. The van der Waals surface area contributed by atoms with Gasteiger partial charge in [0.15, 0.2) is 5.89 Å². The van der Waals surface area contributed by atoms with Crippen molar-refractivity contribution in [1.29, 1.82) is 0 Å². The molecular formula is C9H8ClF6NO. The Morgan fingerprint density at radius 3 is 2.17 bits per heavy atom. The summed E-state index contributed by atoms with van der Waals surface area (Å²) in [6.45, 7) is 0. The van der Waals surface area contributed by atoms with Gasteiger partial charge in [0.1, 0.15) is 5.76 Å². The van der Waals surface area contributed by atoms with Crippen molar-refractivity contribution >= 4 is 11.6 Å². The average Bonchev–Trinajstić information content (AvgIpc) is 2.58. The van der Waals surface area contributed by atoms with Gasteiger partial charge in [0.2, 0.25) is 5.92 Å². The number of rotatable bonds is 4. The van der Waals surface area contributed by atoms with Crippen LogP contribution in [0.2, 0.25) is 0 Å². The van der Waals surface area contributed by atoms with Crippen molar-refractivity contribution in [2.45, 2.75) is 31.1 Å². The Labute approximate surface area is 103 Å². The van der Waals surface area contributed by atoms with Gasteiger partial charge in [-0.2, -0.15) is 26.3 Å². The first kappa shape index (κ1) is 15.1. The second kappa shape index (κ2) is 5.38. The molecule has 0 saturated heterocycles. The molecule has 9 heteroatoms. The highest BCUT2D eigenvalue weighted by molar-refractivity contribution is 6.17. The summed E-state index contributed by atoms with van der Waals surface area (Å²) in [5, 5.41) is 0. The third-order valence-corrected chi connectivity index (χ3v) is 2.30. The number of alkyl halides is 7. The van der Waals surface area contributed by atoms with Gasteiger partial charge in [-0.05, 0) is 6.42 Å². The number of nitrogens with zero attached hydrogens (tertiary/aromatic N) is 1. The summed E-state index contributed by atoms with van der Waals surface area (Å²) in [6.07, 6.45) is -10.0. The van der Waals surface area contributed by atoms with E-state index in [-0.39, 0.29) is 18.2 Å². The molecule has 0 radical (unpaired) electrons. The van der Waals surface area contributed by atoms with E-state index in [0.717, 1.165) is 0 Å². The predicted molar refractivity (Wildman–Crippen MR) is 50.4 cm³/mol. The van der Waals surface area contributed by atoms with E-state index in [1.54, 1.807) is 0 Å². The monoisotopic (exact) mass is 295 g/mol. The van der Waals surface area contributed by atoms with Crippen LogP contribution in [0.25, 0.3) is 0 Å². The molecule has 0 amide bonds. The van der Waals surface area contributed by atoms with Gasteiger partial charge in [-0.25, -0.2) is 4.98 Å². The molecule has 1 heterocycles. The highest BCUT2D eigenvalue weighted by Gasteiger charge is 2.59. The molecule has 104 valence electrons. The summed E-state index contributed by atoms with van der Waals surface area (Å²) in [4.78, 5) is 3.38. The van der Waals surface area contributed by atoms with E-state index in [9.17, 15) is 26.3 Å². The summed E-state index contributed by atoms with van der Waals surface area (Å²) in [6, 6.07) is 0. The summed E-state index contributed by atoms with van der Waals surface area (Å²) >= 11 is 5.34. The fourth-order valence-corrected chi connectivity index (χ4v) is 1.43. The highest BCUT2D eigenvalue weighted by atomic mass is 35.5. The summed E-state index contributed by atoms with van der Waals surface area (Å²) < 4.78 is 78.5. The van der Waals surface area contributed by atoms with Crippen LogP contribution in [0.15, 0.2) is 10.6 Å². The fourth-order valence-electron chi connectivity index (χ4n) is 1.30. The lowest BCUT2D eigenvalue weighted by Gasteiger charge is -2.20. The van der Waals surface area contributed by atoms with E-state index < -0.39 is 24.0 Å². The Kier molecular flexibility index (Phi) is 4.52. The second-order valence-corrected chi connectivity index (χ2v) is 3.84. The van der Waals surface area contributed by atoms with E-state index in [4.69, 9.17) is 11.6 Å². The lowest BCUT2D eigenvalue weighted by atomic mass is 10.1. The van der Waals surface area contributed by atoms with E-state index >= 15 is 0 Å². The van der Waals surface area contributed by atoms with Crippen LogP contribution < -0.4 is 0 Å². The van der Waals surface area contributed by atoms with Crippen molar-refractivity contribution in [2.24, 2.45) is 0 Å². The topological polar surface area (TPSA) is 26.0 Å². The Balaban J connectivity index is 2.97. The molecule has 0 N–H and O–H groups in total. The Hall–Kier alpha value is -0.920. The van der Waals surface area contributed by atoms with Crippen molar-refractivity contribution < 1.29 is 30.8 Å². The molecule has 0 saturated carbocycles. The number of oxazole rings is 1. The van der Waals surface area contributed by atoms with Gasteiger partial charge >= 0.3 is 12.4 Å². The number of halogens is 7. The second-order valence-electron chi connectivity index (χ2n) is 3.47. The van der Waals surface area contributed by atoms with E-state index in [1.807, 2.05) is 0 Å². The van der Waals surface area contributed by atoms with Crippen LogP contribution in [0.1, 0.15) is 24.0 Å². The molecule has 0 fully saturated rings. The van der Waals surface area contributed by atoms with Crippen LogP contribution in [-0.2, 0) is 6.42 Å². The van der Waals surface area contributed by atoms with Crippen LogP contribution in [0.5, 0.6) is 0 Å². The van der Waals surface area contributed by atoms with Crippen molar-refractivity contribution in [1.82, 2.24) is 4.98 Å². The maximum atomic E-state index is 12.3. The largest absolute Gasteiger partial charge is 0.445 e. The van der Waals surface area contributed by atoms with E-state index in [1.165, 1.54) is 0 Å². The van der Waals surface area contributed by atoms with Gasteiger partial charge in [-0.15, -0.1) is 11.6 Å². The van der Waals surface area contributed by atoms with Gasteiger partial charge in [-0.1, -0.05) is 0 Å². The summed E-state index contributed by atoms with van der Waals surface area (Å²) in [7, 11) is 0. The van der Waals surface area contributed by atoms with E-state index in [2.05, 4.69) is 9.40 Å².